The average molecular weight is 494 g/mol. The number of para-hydroxylation sites is 1. The van der Waals surface area contributed by atoms with Gasteiger partial charge in [0, 0.05) is 42.2 Å². The Morgan fingerprint density at radius 2 is 1.87 bits per heavy atom. The third-order valence-electron chi connectivity index (χ3n) is 3.99. The molecule has 0 saturated heterocycles. The number of hydrogen-bond acceptors (Lipinski definition) is 4. The summed E-state index contributed by atoms with van der Waals surface area (Å²) in [6, 6.07) is 10.7. The van der Waals surface area contributed by atoms with Crippen molar-refractivity contribution in [3.63, 3.8) is 0 Å². The Hall–Kier alpha value is -1.52. The standard InChI is InChI=1S/C19H22Cl2FN3O3S2/c1-24(2)30(27,28)25(18-6-4-3-5-17(18)22)12-19(26)23-9-10-29-13-14-7-8-15(20)11-16(14)21/h3-8,11H,9-10,12-13H2,1-2H3,(H,23,26). The van der Waals surface area contributed by atoms with Crippen molar-refractivity contribution in [3.05, 3.63) is 63.9 Å². The normalized spacial score (nSPS) is 11.5. The van der Waals surface area contributed by atoms with Crippen LogP contribution in [0, 0.1) is 5.82 Å². The Balaban J connectivity index is 1.92. The fourth-order valence-electron chi connectivity index (χ4n) is 2.41. The molecular formula is C19H22Cl2FN3O3S2. The van der Waals surface area contributed by atoms with Gasteiger partial charge in [0.05, 0.1) is 5.69 Å². The van der Waals surface area contributed by atoms with E-state index in [0.717, 1.165) is 20.2 Å². The molecule has 2 aromatic carbocycles. The molecule has 2 rings (SSSR count). The molecule has 0 saturated carbocycles. The van der Waals surface area contributed by atoms with E-state index in [4.69, 9.17) is 23.2 Å². The second kappa shape index (κ2) is 11.2. The first-order valence-corrected chi connectivity index (χ1v) is 12.2. The number of hydrogen-bond donors (Lipinski definition) is 1. The molecule has 2 aromatic rings. The van der Waals surface area contributed by atoms with Crippen LogP contribution in [0.3, 0.4) is 0 Å². The smallest absolute Gasteiger partial charge is 0.304 e. The first-order valence-electron chi connectivity index (χ1n) is 8.86. The zero-order chi connectivity index (χ0) is 22.3. The maximum Gasteiger partial charge on any atom is 0.304 e. The number of halogens is 3. The zero-order valence-corrected chi connectivity index (χ0v) is 19.6. The summed E-state index contributed by atoms with van der Waals surface area (Å²) >= 11 is 13.5. The summed E-state index contributed by atoms with van der Waals surface area (Å²) < 4.78 is 41.0. The quantitative estimate of drug-likeness (QED) is 0.511. The van der Waals surface area contributed by atoms with Gasteiger partial charge >= 0.3 is 10.2 Å². The van der Waals surface area contributed by atoms with Crippen LogP contribution in [-0.2, 0) is 20.8 Å². The summed E-state index contributed by atoms with van der Waals surface area (Å²) in [6.45, 7) is -0.211. The lowest BCUT2D eigenvalue weighted by atomic mass is 10.2. The highest BCUT2D eigenvalue weighted by atomic mass is 35.5. The van der Waals surface area contributed by atoms with Gasteiger partial charge in [-0.25, -0.2) is 8.70 Å². The first kappa shape index (κ1) is 24.7. The third-order valence-corrected chi connectivity index (χ3v) is 7.39. The second-order valence-corrected chi connectivity index (χ2v) is 10.4. The molecule has 0 heterocycles. The topological polar surface area (TPSA) is 69.7 Å². The van der Waals surface area contributed by atoms with E-state index < -0.39 is 28.5 Å². The molecule has 1 N–H and O–H groups in total. The van der Waals surface area contributed by atoms with Gasteiger partial charge in [0.15, 0.2) is 0 Å². The SMILES string of the molecule is CN(C)S(=O)(=O)N(CC(=O)NCCSCc1ccc(Cl)cc1Cl)c1ccccc1F. The monoisotopic (exact) mass is 493 g/mol. The Bertz CT molecular complexity index is 991. The highest BCUT2D eigenvalue weighted by Gasteiger charge is 2.29. The minimum atomic E-state index is -4.05. The second-order valence-electron chi connectivity index (χ2n) is 6.39. The fourth-order valence-corrected chi connectivity index (χ4v) is 4.90. The number of nitrogens with one attached hydrogen (secondary N) is 1. The minimum absolute atomic E-state index is 0.187. The van der Waals surface area contributed by atoms with Crippen molar-refractivity contribution < 1.29 is 17.6 Å². The molecule has 0 aliphatic heterocycles. The Labute approximate surface area is 190 Å². The Morgan fingerprint density at radius 3 is 2.50 bits per heavy atom. The van der Waals surface area contributed by atoms with Crippen molar-refractivity contribution in [1.82, 2.24) is 9.62 Å². The highest BCUT2D eigenvalue weighted by Crippen LogP contribution is 2.25. The van der Waals surface area contributed by atoms with E-state index in [-0.39, 0.29) is 5.69 Å². The summed E-state index contributed by atoms with van der Waals surface area (Å²) in [5.41, 5.74) is 0.744. The maximum absolute atomic E-state index is 14.2. The molecule has 0 unspecified atom stereocenters. The van der Waals surface area contributed by atoms with Crippen LogP contribution in [0.25, 0.3) is 0 Å². The van der Waals surface area contributed by atoms with Crippen LogP contribution < -0.4 is 9.62 Å². The number of thioether (sulfide) groups is 1. The zero-order valence-electron chi connectivity index (χ0n) is 16.4. The van der Waals surface area contributed by atoms with Crippen LogP contribution in [0.5, 0.6) is 0 Å². The molecule has 164 valence electrons. The van der Waals surface area contributed by atoms with Crippen LogP contribution in [-0.4, -0.2) is 51.6 Å². The molecule has 0 aliphatic rings. The van der Waals surface area contributed by atoms with Crippen molar-refractivity contribution in [2.24, 2.45) is 0 Å². The van der Waals surface area contributed by atoms with Crippen LogP contribution in [0.2, 0.25) is 10.0 Å². The van der Waals surface area contributed by atoms with Crippen molar-refractivity contribution in [2.45, 2.75) is 5.75 Å². The van der Waals surface area contributed by atoms with E-state index >= 15 is 0 Å². The summed E-state index contributed by atoms with van der Waals surface area (Å²) in [4.78, 5) is 12.3. The molecule has 30 heavy (non-hydrogen) atoms. The molecule has 0 atom stereocenters. The lowest BCUT2D eigenvalue weighted by Crippen LogP contribution is -2.46. The largest absolute Gasteiger partial charge is 0.354 e. The summed E-state index contributed by atoms with van der Waals surface area (Å²) in [6.07, 6.45) is 0. The van der Waals surface area contributed by atoms with E-state index in [0.29, 0.717) is 28.1 Å². The van der Waals surface area contributed by atoms with Gasteiger partial charge in [0.1, 0.15) is 12.4 Å². The summed E-state index contributed by atoms with van der Waals surface area (Å²) in [5, 5.41) is 3.80. The molecule has 0 bridgehead atoms. The lowest BCUT2D eigenvalue weighted by Gasteiger charge is -2.27. The number of carbonyl (C=O) groups is 1. The van der Waals surface area contributed by atoms with E-state index in [1.165, 1.54) is 32.3 Å². The highest BCUT2D eigenvalue weighted by molar-refractivity contribution is 7.98. The van der Waals surface area contributed by atoms with Crippen molar-refractivity contribution in [1.29, 1.82) is 0 Å². The van der Waals surface area contributed by atoms with Crippen LogP contribution in [0.4, 0.5) is 10.1 Å². The predicted octanol–water partition coefficient (Wildman–Crippen LogP) is 3.79. The van der Waals surface area contributed by atoms with Gasteiger partial charge in [-0.2, -0.15) is 24.5 Å². The molecule has 0 aliphatic carbocycles. The lowest BCUT2D eigenvalue weighted by molar-refractivity contribution is -0.119. The number of benzene rings is 2. The maximum atomic E-state index is 14.2. The number of rotatable bonds is 10. The van der Waals surface area contributed by atoms with E-state index in [1.54, 1.807) is 23.9 Å². The van der Waals surface area contributed by atoms with Gasteiger partial charge in [0.2, 0.25) is 5.91 Å². The minimum Gasteiger partial charge on any atom is -0.354 e. The van der Waals surface area contributed by atoms with Crippen LogP contribution in [0.1, 0.15) is 5.56 Å². The number of anilines is 1. The van der Waals surface area contributed by atoms with E-state index in [1.807, 2.05) is 6.07 Å². The molecule has 6 nitrogen and oxygen atoms in total. The molecule has 0 aromatic heterocycles. The first-order chi connectivity index (χ1) is 14.1. The van der Waals surface area contributed by atoms with E-state index in [2.05, 4.69) is 5.32 Å². The van der Waals surface area contributed by atoms with E-state index in [9.17, 15) is 17.6 Å². The fraction of sp³-hybridized carbons (Fsp3) is 0.316. The summed E-state index contributed by atoms with van der Waals surface area (Å²) in [7, 11) is -1.42. The van der Waals surface area contributed by atoms with Crippen molar-refractivity contribution in [2.75, 3.05) is 37.2 Å². The molecule has 0 radical (unpaired) electrons. The molecule has 11 heteroatoms. The molecular weight excluding hydrogens is 472 g/mol. The van der Waals surface area contributed by atoms with Gasteiger partial charge < -0.3 is 5.32 Å². The van der Waals surface area contributed by atoms with Gasteiger partial charge in [0.25, 0.3) is 0 Å². The number of amides is 1. The Kier molecular flexibility index (Phi) is 9.24. The van der Waals surface area contributed by atoms with Crippen LogP contribution >= 0.6 is 35.0 Å². The predicted molar refractivity (Wildman–Crippen MR) is 122 cm³/mol. The van der Waals surface area contributed by atoms with Gasteiger partial charge in [-0.1, -0.05) is 41.4 Å². The molecule has 1 amide bonds. The van der Waals surface area contributed by atoms with Crippen LogP contribution in [0.15, 0.2) is 42.5 Å². The van der Waals surface area contributed by atoms with Gasteiger partial charge in [-0.3, -0.25) is 4.79 Å². The average Bonchev–Trinajstić information content (AvgIpc) is 2.67. The number of nitrogens with zero attached hydrogens (tertiary/aromatic N) is 2. The van der Waals surface area contributed by atoms with Gasteiger partial charge in [-0.15, -0.1) is 0 Å². The van der Waals surface area contributed by atoms with Crippen molar-refractivity contribution >= 4 is 56.8 Å². The van der Waals surface area contributed by atoms with Crippen molar-refractivity contribution in [3.8, 4) is 0 Å². The van der Waals surface area contributed by atoms with Gasteiger partial charge in [-0.05, 0) is 29.8 Å². The molecule has 0 fully saturated rings. The Morgan fingerprint density at radius 1 is 1.17 bits per heavy atom. The number of carbonyl (C=O) groups excluding carboxylic acids is 1. The third kappa shape index (κ3) is 6.75. The molecule has 0 spiro atoms. The summed E-state index contributed by atoms with van der Waals surface area (Å²) in [5.74, 6) is -0.0347.